The van der Waals surface area contributed by atoms with Crippen molar-refractivity contribution in [3.63, 3.8) is 0 Å². The van der Waals surface area contributed by atoms with Crippen LogP contribution in [0.5, 0.6) is 0 Å². The number of anilines is 2. The molecule has 64 heavy (non-hydrogen) atoms. The third kappa shape index (κ3) is 5.46. The highest BCUT2D eigenvalue weighted by Crippen LogP contribution is 2.51. The predicted molar refractivity (Wildman–Crippen MR) is 276 cm³/mol. The monoisotopic (exact) mass is 840 g/mol. The lowest BCUT2D eigenvalue weighted by Gasteiger charge is -2.42. The second kappa shape index (κ2) is 13.6. The van der Waals surface area contributed by atoms with Crippen LogP contribution in [0.3, 0.4) is 0 Å². The van der Waals surface area contributed by atoms with E-state index in [0.717, 1.165) is 24.2 Å². The molecule has 4 heterocycles. The molecule has 2 aliphatic rings. The fraction of sp³-hybridized carbons (Fsp3) is 0.153. The van der Waals surface area contributed by atoms with Gasteiger partial charge in [-0.1, -0.05) is 136 Å². The minimum absolute atomic E-state index is 0.0205. The molecule has 0 amide bonds. The molecule has 8 aromatic carbocycles. The van der Waals surface area contributed by atoms with E-state index in [0.29, 0.717) is 0 Å². The van der Waals surface area contributed by atoms with Gasteiger partial charge in [0.25, 0.3) is 0 Å². The summed E-state index contributed by atoms with van der Waals surface area (Å²) >= 11 is 1.91. The number of hydrogen-bond donors (Lipinski definition) is 1. The van der Waals surface area contributed by atoms with Crippen molar-refractivity contribution in [3.8, 4) is 33.6 Å². The van der Waals surface area contributed by atoms with Gasteiger partial charge in [-0.25, -0.2) is 0 Å². The highest BCUT2D eigenvalue weighted by molar-refractivity contribution is 7.29. The van der Waals surface area contributed by atoms with Crippen LogP contribution in [-0.4, -0.2) is 16.4 Å². The smallest absolute Gasteiger partial charge is 0.211 e. The quantitative estimate of drug-likeness (QED) is 0.171. The second-order valence-electron chi connectivity index (χ2n) is 19.5. The van der Waals surface area contributed by atoms with Gasteiger partial charge < -0.3 is 14.5 Å². The Morgan fingerprint density at radius 3 is 1.84 bits per heavy atom. The zero-order valence-corrected chi connectivity index (χ0v) is 37.7. The van der Waals surface area contributed by atoms with Gasteiger partial charge in [-0.3, -0.25) is 0 Å². The van der Waals surface area contributed by atoms with Gasteiger partial charge in [-0.2, -0.15) is 0 Å². The average Bonchev–Trinajstić information content (AvgIpc) is 3.97. The summed E-state index contributed by atoms with van der Waals surface area (Å²) in [6.07, 6.45) is 2.30. The third-order valence-electron chi connectivity index (χ3n) is 14.7. The van der Waals surface area contributed by atoms with Gasteiger partial charge in [0.1, 0.15) is 0 Å². The number of rotatable bonds is 5. The van der Waals surface area contributed by atoms with E-state index in [1.165, 1.54) is 114 Å². The Bertz CT molecular complexity index is 3680. The number of benzene rings is 8. The van der Waals surface area contributed by atoms with E-state index in [4.69, 9.17) is 0 Å². The maximum Gasteiger partial charge on any atom is 0.211 e. The van der Waals surface area contributed by atoms with Crippen molar-refractivity contribution in [1.82, 2.24) is 9.13 Å². The highest BCUT2D eigenvalue weighted by atomic mass is 32.1. The van der Waals surface area contributed by atoms with Crippen LogP contribution in [0.15, 0.2) is 164 Å². The van der Waals surface area contributed by atoms with Crippen molar-refractivity contribution >= 4 is 93.9 Å². The molecule has 0 atom stereocenters. The van der Waals surface area contributed by atoms with Crippen LogP contribution >= 0.6 is 11.3 Å². The number of nitrogens with zero attached hydrogens (tertiary/aromatic N) is 2. The van der Waals surface area contributed by atoms with E-state index in [1.807, 2.05) is 11.3 Å². The summed E-state index contributed by atoms with van der Waals surface area (Å²) < 4.78 is 7.76. The molecule has 3 aromatic heterocycles. The van der Waals surface area contributed by atoms with Gasteiger partial charge in [-0.05, 0) is 129 Å². The fourth-order valence-electron chi connectivity index (χ4n) is 11.2. The van der Waals surface area contributed by atoms with E-state index in [2.05, 4.69) is 220 Å². The largest absolute Gasteiger partial charge is 0.355 e. The topological polar surface area (TPSA) is 21.9 Å². The SMILES string of the molecule is Cc1ccc(Nc2cc3c(cc2-c2cc(-n4c5ccccc5c5ccccc54)c4c5ccccc5n5c4c2[B]c2sc4ccc(-c6ccccc6)cc4c2-5)C(C)(C)CCC3(C)C)cc1. The number of nitrogens with one attached hydrogen (secondary N) is 1. The first kappa shape index (κ1) is 37.7. The molecule has 307 valence electrons. The number of fused-ring (bicyclic) bond motifs is 11. The molecule has 0 fully saturated rings. The molecule has 1 radical (unpaired) electrons. The Balaban J connectivity index is 1.20. The first-order valence-corrected chi connectivity index (χ1v) is 23.5. The summed E-state index contributed by atoms with van der Waals surface area (Å²) in [5.41, 5.74) is 20.0. The maximum absolute atomic E-state index is 4.02. The molecule has 3 nitrogen and oxygen atoms in total. The normalized spacial score (nSPS) is 14.9. The van der Waals surface area contributed by atoms with Crippen LogP contribution in [0.2, 0.25) is 0 Å². The van der Waals surface area contributed by atoms with E-state index in [-0.39, 0.29) is 10.8 Å². The van der Waals surface area contributed by atoms with Crippen molar-refractivity contribution in [2.24, 2.45) is 0 Å². The molecular weight excluding hydrogens is 794 g/mol. The number of aromatic nitrogens is 2. The molecule has 0 spiro atoms. The molecular formula is C59H47BN3S. The zero-order valence-electron chi connectivity index (χ0n) is 36.9. The zero-order chi connectivity index (χ0) is 43.1. The standard InChI is InChI=1S/C59H47BN3S/c1-35-23-26-38(27-24-35)61-47-34-46-45(58(2,3)29-30-59(46,4)5)32-42(47)43-33-51(62-48-20-12-9-17-39(48)40-18-10-13-21-49(40)62)53-41-19-11-14-22-50(41)63-55-44-31-37(36-15-7-6-8-16-36)25-28-52(44)64-57(55)60-54(43)56(53)63/h6-28,31-34,61H,29-30H2,1-5H3. The maximum atomic E-state index is 4.02. The molecule has 1 N–H and O–H groups in total. The molecule has 13 rings (SSSR count). The van der Waals surface area contributed by atoms with Crippen LogP contribution in [0, 0.1) is 6.92 Å². The van der Waals surface area contributed by atoms with E-state index in [9.17, 15) is 0 Å². The molecule has 0 unspecified atom stereocenters. The van der Waals surface area contributed by atoms with Gasteiger partial charge >= 0.3 is 0 Å². The Hall–Kier alpha value is -6.82. The van der Waals surface area contributed by atoms with Crippen LogP contribution in [-0.2, 0) is 10.8 Å². The summed E-state index contributed by atoms with van der Waals surface area (Å²) in [6, 6.07) is 61.4. The van der Waals surface area contributed by atoms with Crippen molar-refractivity contribution in [2.75, 3.05) is 5.32 Å². The van der Waals surface area contributed by atoms with Crippen molar-refractivity contribution in [2.45, 2.75) is 58.3 Å². The second-order valence-corrected chi connectivity index (χ2v) is 20.6. The van der Waals surface area contributed by atoms with Crippen LogP contribution < -0.4 is 15.6 Å². The van der Waals surface area contributed by atoms with Gasteiger partial charge in [0.2, 0.25) is 7.28 Å². The van der Waals surface area contributed by atoms with Gasteiger partial charge in [0, 0.05) is 48.6 Å². The molecule has 5 heteroatoms. The van der Waals surface area contributed by atoms with E-state index >= 15 is 0 Å². The highest BCUT2D eigenvalue weighted by Gasteiger charge is 2.39. The van der Waals surface area contributed by atoms with Crippen LogP contribution in [0.1, 0.15) is 57.2 Å². The van der Waals surface area contributed by atoms with Gasteiger partial charge in [0.05, 0.1) is 33.4 Å². The third-order valence-corrected chi connectivity index (χ3v) is 15.8. The van der Waals surface area contributed by atoms with E-state index < -0.39 is 0 Å². The van der Waals surface area contributed by atoms with Crippen molar-refractivity contribution in [3.05, 3.63) is 180 Å². The predicted octanol–water partition coefficient (Wildman–Crippen LogP) is 14.8. The van der Waals surface area contributed by atoms with Crippen LogP contribution in [0.25, 0.3) is 87.3 Å². The summed E-state index contributed by atoms with van der Waals surface area (Å²) in [6.45, 7) is 11.9. The molecule has 1 aliphatic carbocycles. The van der Waals surface area contributed by atoms with Crippen molar-refractivity contribution in [1.29, 1.82) is 0 Å². The molecule has 0 saturated carbocycles. The van der Waals surface area contributed by atoms with Crippen molar-refractivity contribution < 1.29 is 0 Å². The summed E-state index contributed by atoms with van der Waals surface area (Å²) in [5, 5.41) is 10.4. The summed E-state index contributed by atoms with van der Waals surface area (Å²) in [7, 11) is 2.53. The first-order valence-electron chi connectivity index (χ1n) is 22.7. The number of para-hydroxylation sites is 3. The summed E-state index contributed by atoms with van der Waals surface area (Å²) in [5.74, 6) is 0. The lowest BCUT2D eigenvalue weighted by Crippen LogP contribution is -2.36. The Morgan fingerprint density at radius 2 is 1.16 bits per heavy atom. The molecule has 1 aliphatic heterocycles. The molecule has 0 saturated heterocycles. The lowest BCUT2D eigenvalue weighted by molar-refractivity contribution is 0.332. The Labute approximate surface area is 378 Å². The van der Waals surface area contributed by atoms with Gasteiger partial charge in [0.15, 0.2) is 0 Å². The van der Waals surface area contributed by atoms with Gasteiger partial charge in [-0.15, -0.1) is 11.3 Å². The average molecular weight is 841 g/mol. The fourth-order valence-corrected chi connectivity index (χ4v) is 12.3. The minimum Gasteiger partial charge on any atom is -0.355 e. The number of aryl methyl sites for hydroxylation is 1. The summed E-state index contributed by atoms with van der Waals surface area (Å²) in [4.78, 5) is 0. The molecule has 0 bridgehead atoms. The molecule has 11 aromatic rings. The van der Waals surface area contributed by atoms with E-state index in [1.54, 1.807) is 0 Å². The number of thiophene rings is 1. The van der Waals surface area contributed by atoms with Crippen LogP contribution in [0.4, 0.5) is 11.4 Å². The Kier molecular flexibility index (Phi) is 8.01. The number of hydrogen-bond acceptors (Lipinski definition) is 2. The lowest BCUT2D eigenvalue weighted by atomic mass is 9.61. The Morgan fingerprint density at radius 1 is 0.547 bits per heavy atom. The minimum atomic E-state index is 0.0205. The first-order chi connectivity index (χ1) is 31.1.